The normalized spacial score (nSPS) is 16.6. The minimum atomic E-state index is -0.162. The van der Waals surface area contributed by atoms with Crippen molar-refractivity contribution in [3.05, 3.63) is 133 Å². The predicted molar refractivity (Wildman–Crippen MR) is 174 cm³/mol. The van der Waals surface area contributed by atoms with Gasteiger partial charge < -0.3 is 10.6 Å². The van der Waals surface area contributed by atoms with E-state index in [1.165, 1.54) is 10.0 Å². The van der Waals surface area contributed by atoms with Crippen LogP contribution in [-0.4, -0.2) is 23.2 Å². The first kappa shape index (κ1) is 27.7. The van der Waals surface area contributed by atoms with Crippen molar-refractivity contribution in [1.29, 1.82) is 0 Å². The smallest absolute Gasteiger partial charge is 0.282 e. The Morgan fingerprint density at radius 2 is 0.930 bits per heavy atom. The van der Waals surface area contributed by atoms with E-state index in [9.17, 15) is 9.59 Å². The Balaban J connectivity index is 1.04. The third-order valence-corrected chi connectivity index (χ3v) is 7.85. The molecule has 2 aliphatic rings. The Morgan fingerprint density at radius 1 is 0.558 bits per heavy atom. The first-order valence-corrected chi connectivity index (χ1v) is 14.5. The standard InChI is InChI=1S/C34H28N6O2S/c1-23-31(33(41)39(37-23)27-9-5-3-6-10-27)21-35-25-13-17-29(18-14-25)43-30-19-15-26(16-20-30)36-22-32-24(2)38-40(34(32)42)28-11-7-4-8-12-28/h3-22,35-36H,1-2H3/b31-21+,32-22+. The van der Waals surface area contributed by atoms with Crippen molar-refractivity contribution in [1.82, 2.24) is 0 Å². The van der Waals surface area contributed by atoms with Crippen LogP contribution in [-0.2, 0) is 9.59 Å². The van der Waals surface area contributed by atoms with Gasteiger partial charge >= 0.3 is 0 Å². The number of carbonyl (C=O) groups is 2. The second-order valence-corrected chi connectivity index (χ2v) is 11.0. The lowest BCUT2D eigenvalue weighted by Gasteiger charge is -2.11. The van der Waals surface area contributed by atoms with Crippen LogP contribution in [0.4, 0.5) is 22.7 Å². The number of carbonyl (C=O) groups excluding carboxylic acids is 2. The van der Waals surface area contributed by atoms with Crippen LogP contribution >= 0.6 is 11.8 Å². The maximum absolute atomic E-state index is 12.9. The van der Waals surface area contributed by atoms with Crippen molar-refractivity contribution in [2.75, 3.05) is 20.7 Å². The van der Waals surface area contributed by atoms with E-state index in [-0.39, 0.29) is 11.8 Å². The SMILES string of the molecule is CC1=NN(c2ccccc2)C(=O)/C1=C/Nc1ccc(Sc2ccc(N/C=C3/C(=O)N(c4ccccc4)N=C3C)cc2)cc1. The number of para-hydroxylation sites is 2. The first-order chi connectivity index (χ1) is 21.0. The van der Waals surface area contributed by atoms with E-state index < -0.39 is 0 Å². The molecule has 0 fully saturated rings. The molecule has 2 amide bonds. The van der Waals surface area contributed by atoms with Crippen LogP contribution in [0.25, 0.3) is 0 Å². The van der Waals surface area contributed by atoms with Crippen molar-refractivity contribution >= 4 is 57.7 Å². The minimum absolute atomic E-state index is 0.162. The highest BCUT2D eigenvalue weighted by molar-refractivity contribution is 7.99. The number of hydrazone groups is 2. The molecule has 0 spiro atoms. The highest BCUT2D eigenvalue weighted by Crippen LogP contribution is 2.30. The average Bonchev–Trinajstić information content (AvgIpc) is 3.49. The quantitative estimate of drug-likeness (QED) is 0.213. The van der Waals surface area contributed by atoms with Gasteiger partial charge in [0.1, 0.15) is 0 Å². The van der Waals surface area contributed by atoms with Crippen LogP contribution < -0.4 is 20.7 Å². The van der Waals surface area contributed by atoms with E-state index in [1.807, 2.05) is 123 Å². The highest BCUT2D eigenvalue weighted by Gasteiger charge is 2.29. The number of anilines is 4. The molecule has 212 valence electrons. The predicted octanol–water partition coefficient (Wildman–Crippen LogP) is 7.27. The van der Waals surface area contributed by atoms with Gasteiger partial charge in [-0.25, -0.2) is 0 Å². The maximum atomic E-state index is 12.9. The molecule has 2 heterocycles. The molecule has 6 rings (SSSR count). The molecule has 0 radical (unpaired) electrons. The van der Waals surface area contributed by atoms with E-state index in [0.717, 1.165) is 32.5 Å². The van der Waals surface area contributed by atoms with Crippen molar-refractivity contribution in [3.8, 4) is 0 Å². The van der Waals surface area contributed by atoms with Gasteiger partial charge in [0.15, 0.2) is 0 Å². The van der Waals surface area contributed by atoms with E-state index >= 15 is 0 Å². The average molecular weight is 585 g/mol. The molecule has 4 aromatic rings. The van der Waals surface area contributed by atoms with Gasteiger partial charge in [-0.3, -0.25) is 9.59 Å². The summed E-state index contributed by atoms with van der Waals surface area (Å²) in [5, 5.41) is 18.1. The molecular weight excluding hydrogens is 556 g/mol. The largest absolute Gasteiger partial charge is 0.361 e. The Kier molecular flexibility index (Phi) is 7.88. The van der Waals surface area contributed by atoms with Gasteiger partial charge in [0.2, 0.25) is 0 Å². The summed E-state index contributed by atoms with van der Waals surface area (Å²) in [5.74, 6) is -0.324. The summed E-state index contributed by atoms with van der Waals surface area (Å²) in [7, 11) is 0. The van der Waals surface area contributed by atoms with Gasteiger partial charge in [-0.1, -0.05) is 48.2 Å². The fourth-order valence-electron chi connectivity index (χ4n) is 4.54. The molecule has 0 aromatic heterocycles. The molecule has 43 heavy (non-hydrogen) atoms. The van der Waals surface area contributed by atoms with Gasteiger partial charge in [-0.2, -0.15) is 20.2 Å². The Hall–Kier alpha value is -5.41. The fraction of sp³-hybridized carbons (Fsp3) is 0.0588. The molecule has 0 saturated heterocycles. The molecule has 0 atom stereocenters. The van der Waals surface area contributed by atoms with Crippen molar-refractivity contribution in [2.24, 2.45) is 10.2 Å². The zero-order valence-corrected chi connectivity index (χ0v) is 24.4. The molecule has 0 saturated carbocycles. The Bertz CT molecular complexity index is 1650. The second-order valence-electron chi connectivity index (χ2n) is 9.83. The summed E-state index contributed by atoms with van der Waals surface area (Å²) in [6.45, 7) is 3.66. The van der Waals surface area contributed by atoms with Crippen LogP contribution in [0.5, 0.6) is 0 Å². The van der Waals surface area contributed by atoms with Crippen molar-refractivity contribution < 1.29 is 9.59 Å². The molecule has 0 aliphatic carbocycles. The molecule has 0 bridgehead atoms. The zero-order chi connectivity index (χ0) is 29.8. The first-order valence-electron chi connectivity index (χ1n) is 13.7. The maximum Gasteiger partial charge on any atom is 0.282 e. The Morgan fingerprint density at radius 3 is 1.30 bits per heavy atom. The third kappa shape index (κ3) is 6.12. The third-order valence-electron chi connectivity index (χ3n) is 6.84. The van der Waals surface area contributed by atoms with Crippen LogP contribution in [0.3, 0.4) is 0 Å². The number of nitrogens with one attached hydrogen (secondary N) is 2. The number of benzene rings is 4. The second kappa shape index (κ2) is 12.2. The number of amides is 2. The number of rotatable bonds is 8. The van der Waals surface area contributed by atoms with Crippen LogP contribution in [0.1, 0.15) is 13.8 Å². The van der Waals surface area contributed by atoms with Crippen molar-refractivity contribution in [2.45, 2.75) is 23.6 Å². The Labute approximate surface area is 254 Å². The summed E-state index contributed by atoms with van der Waals surface area (Å²) in [4.78, 5) is 27.9. The van der Waals surface area contributed by atoms with E-state index in [0.29, 0.717) is 22.6 Å². The summed E-state index contributed by atoms with van der Waals surface area (Å²) in [5.41, 5.74) is 5.59. The summed E-state index contributed by atoms with van der Waals surface area (Å²) >= 11 is 1.64. The van der Waals surface area contributed by atoms with Crippen LogP contribution in [0.2, 0.25) is 0 Å². The molecule has 0 unspecified atom stereocenters. The lowest BCUT2D eigenvalue weighted by atomic mass is 10.2. The summed E-state index contributed by atoms with van der Waals surface area (Å²) in [6, 6.07) is 34.8. The topological polar surface area (TPSA) is 89.4 Å². The molecule has 4 aromatic carbocycles. The van der Waals surface area contributed by atoms with E-state index in [2.05, 4.69) is 20.8 Å². The van der Waals surface area contributed by atoms with Gasteiger partial charge in [0, 0.05) is 33.6 Å². The minimum Gasteiger partial charge on any atom is -0.361 e. The highest BCUT2D eigenvalue weighted by atomic mass is 32.2. The number of hydrogen-bond donors (Lipinski definition) is 2. The monoisotopic (exact) mass is 584 g/mol. The molecule has 2 aliphatic heterocycles. The van der Waals surface area contributed by atoms with Gasteiger partial charge in [-0.15, -0.1) is 0 Å². The number of nitrogens with zero attached hydrogens (tertiary/aromatic N) is 4. The lowest BCUT2D eigenvalue weighted by molar-refractivity contribution is -0.115. The summed E-state index contributed by atoms with van der Waals surface area (Å²) < 4.78 is 0. The fourth-order valence-corrected chi connectivity index (χ4v) is 5.36. The molecular formula is C34H28N6O2S. The van der Waals surface area contributed by atoms with Gasteiger partial charge in [0.25, 0.3) is 11.8 Å². The van der Waals surface area contributed by atoms with Crippen molar-refractivity contribution in [3.63, 3.8) is 0 Å². The van der Waals surface area contributed by atoms with Crippen LogP contribution in [0.15, 0.2) is 153 Å². The zero-order valence-electron chi connectivity index (χ0n) is 23.6. The summed E-state index contributed by atoms with van der Waals surface area (Å²) in [6.07, 6.45) is 3.41. The number of hydrogen-bond acceptors (Lipinski definition) is 7. The molecule has 2 N–H and O–H groups in total. The van der Waals surface area contributed by atoms with Gasteiger partial charge in [0.05, 0.1) is 33.9 Å². The van der Waals surface area contributed by atoms with E-state index in [1.54, 1.807) is 24.2 Å². The van der Waals surface area contributed by atoms with Gasteiger partial charge in [-0.05, 0) is 86.6 Å². The van der Waals surface area contributed by atoms with E-state index in [4.69, 9.17) is 0 Å². The lowest BCUT2D eigenvalue weighted by Crippen LogP contribution is -2.21. The van der Waals surface area contributed by atoms with Crippen LogP contribution in [0, 0.1) is 0 Å². The molecule has 8 nitrogen and oxygen atoms in total. The molecule has 9 heteroatoms.